The molecule has 126 valence electrons. The summed E-state index contributed by atoms with van der Waals surface area (Å²) in [4.78, 5) is 23.5. The average Bonchev–Trinajstić information content (AvgIpc) is 3.17. The minimum Gasteiger partial charge on any atom is -0.497 e. The lowest BCUT2D eigenvalue weighted by Crippen LogP contribution is -2.29. The second-order valence-corrected chi connectivity index (χ2v) is 6.25. The lowest BCUT2D eigenvalue weighted by molar-refractivity contribution is 0.0785. The third-order valence-corrected chi connectivity index (χ3v) is 4.73. The smallest absolute Gasteiger partial charge is 0.274 e. The Bertz CT molecular complexity index is 908. The number of aromatic nitrogens is 2. The second-order valence-electron chi connectivity index (χ2n) is 6.25. The summed E-state index contributed by atoms with van der Waals surface area (Å²) in [6.07, 6.45) is 2.53. The molecule has 25 heavy (non-hydrogen) atoms. The molecule has 0 saturated carbocycles. The van der Waals surface area contributed by atoms with Crippen molar-refractivity contribution in [2.24, 2.45) is 0 Å². The molecule has 0 unspecified atom stereocenters. The van der Waals surface area contributed by atoms with Gasteiger partial charge >= 0.3 is 0 Å². The van der Waals surface area contributed by atoms with Crippen LogP contribution in [0.2, 0.25) is 0 Å². The van der Waals surface area contributed by atoms with Crippen molar-refractivity contribution in [3.05, 3.63) is 66.0 Å². The van der Waals surface area contributed by atoms with Gasteiger partial charge in [0, 0.05) is 19.0 Å². The number of hydrogen-bond donors (Lipinski definition) is 0. The van der Waals surface area contributed by atoms with Crippen molar-refractivity contribution in [1.29, 1.82) is 0 Å². The summed E-state index contributed by atoms with van der Waals surface area (Å²) in [5.41, 5.74) is 3.20. The number of likely N-dealkylation sites (tertiary alicyclic amines) is 1. The van der Waals surface area contributed by atoms with E-state index in [-0.39, 0.29) is 5.91 Å². The number of carbonyl (C=O) groups excluding carboxylic acids is 1. The Kier molecular flexibility index (Phi) is 4.06. The first-order valence-corrected chi connectivity index (χ1v) is 8.39. The Morgan fingerprint density at radius 2 is 1.88 bits per heavy atom. The second kappa shape index (κ2) is 6.51. The molecule has 3 aromatic rings. The van der Waals surface area contributed by atoms with E-state index < -0.39 is 0 Å². The molecule has 0 N–H and O–H groups in total. The quantitative estimate of drug-likeness (QED) is 0.738. The molecular weight excluding hydrogens is 314 g/mol. The number of rotatable bonds is 3. The molecule has 1 atom stereocenters. The molecule has 5 nitrogen and oxygen atoms in total. The minimum absolute atomic E-state index is 0.0470. The number of benzene rings is 2. The number of fused-ring (bicyclic) bond motifs is 1. The van der Waals surface area contributed by atoms with Crippen LogP contribution in [0.4, 0.5) is 0 Å². The van der Waals surface area contributed by atoms with Crippen LogP contribution in [0.25, 0.3) is 11.0 Å². The molecule has 1 aromatic heterocycles. The maximum atomic E-state index is 12.8. The Hall–Kier alpha value is -2.95. The van der Waals surface area contributed by atoms with E-state index in [1.165, 1.54) is 5.56 Å². The van der Waals surface area contributed by atoms with Crippen LogP contribution in [-0.2, 0) is 0 Å². The van der Waals surface area contributed by atoms with E-state index in [0.717, 1.165) is 29.7 Å². The number of nitrogens with zero attached hydrogens (tertiary/aromatic N) is 3. The molecule has 4 rings (SSSR count). The van der Waals surface area contributed by atoms with Gasteiger partial charge in [-0.3, -0.25) is 9.78 Å². The Morgan fingerprint density at radius 1 is 1.12 bits per heavy atom. The van der Waals surface area contributed by atoms with Crippen LogP contribution in [0, 0.1) is 0 Å². The summed E-state index contributed by atoms with van der Waals surface area (Å²) in [6.45, 7) is 1.45. The molecule has 1 amide bonds. The fraction of sp³-hybridized carbons (Fsp3) is 0.250. The highest BCUT2D eigenvalue weighted by Gasteiger charge is 2.28. The van der Waals surface area contributed by atoms with E-state index in [9.17, 15) is 4.79 Å². The van der Waals surface area contributed by atoms with Gasteiger partial charge in [-0.1, -0.05) is 24.3 Å². The summed E-state index contributed by atoms with van der Waals surface area (Å²) in [5, 5.41) is 0. The molecule has 2 heterocycles. The van der Waals surface area contributed by atoms with Crippen LogP contribution in [0.3, 0.4) is 0 Å². The fourth-order valence-corrected chi connectivity index (χ4v) is 3.32. The molecule has 1 aliphatic rings. The van der Waals surface area contributed by atoms with Crippen LogP contribution in [0.15, 0.2) is 54.7 Å². The Morgan fingerprint density at radius 3 is 2.64 bits per heavy atom. The third-order valence-electron chi connectivity index (χ3n) is 4.73. The lowest BCUT2D eigenvalue weighted by atomic mass is 9.98. The molecule has 0 bridgehead atoms. The first kappa shape index (κ1) is 15.6. The third kappa shape index (κ3) is 3.05. The first-order chi connectivity index (χ1) is 12.2. The molecular formula is C20H19N3O2. The van der Waals surface area contributed by atoms with Gasteiger partial charge in [-0.05, 0) is 36.2 Å². The Balaban J connectivity index is 1.50. The Labute approximate surface area is 146 Å². The zero-order valence-electron chi connectivity index (χ0n) is 14.1. The molecule has 1 aliphatic heterocycles. The van der Waals surface area contributed by atoms with Gasteiger partial charge in [-0.25, -0.2) is 4.98 Å². The van der Waals surface area contributed by atoms with Crippen LogP contribution in [0.5, 0.6) is 5.75 Å². The molecule has 0 aliphatic carbocycles. The molecule has 1 fully saturated rings. The van der Waals surface area contributed by atoms with Crippen molar-refractivity contribution in [3.8, 4) is 5.75 Å². The monoisotopic (exact) mass is 333 g/mol. The van der Waals surface area contributed by atoms with Crippen LogP contribution in [0.1, 0.15) is 28.4 Å². The van der Waals surface area contributed by atoms with E-state index in [2.05, 4.69) is 22.1 Å². The standard InChI is InChI=1S/C20H19N3O2/c1-25-16-8-6-14(7-9-16)15-10-11-23(13-15)20(24)19-12-21-17-4-2-3-5-18(17)22-19/h2-9,12,15H,10-11,13H2,1H3/t15-/m0/s1. The highest BCUT2D eigenvalue weighted by molar-refractivity contribution is 5.94. The normalized spacial score (nSPS) is 17.0. The average molecular weight is 333 g/mol. The van der Waals surface area contributed by atoms with Crippen molar-refractivity contribution in [1.82, 2.24) is 14.9 Å². The van der Waals surface area contributed by atoms with E-state index in [0.29, 0.717) is 18.2 Å². The van der Waals surface area contributed by atoms with E-state index in [1.807, 2.05) is 41.3 Å². The van der Waals surface area contributed by atoms with Gasteiger partial charge < -0.3 is 9.64 Å². The summed E-state index contributed by atoms with van der Waals surface area (Å²) < 4.78 is 5.20. The lowest BCUT2D eigenvalue weighted by Gasteiger charge is -2.16. The van der Waals surface area contributed by atoms with Gasteiger partial charge in [0.1, 0.15) is 11.4 Å². The summed E-state index contributed by atoms with van der Waals surface area (Å²) in [5.74, 6) is 1.15. The van der Waals surface area contributed by atoms with Crippen LogP contribution < -0.4 is 4.74 Å². The van der Waals surface area contributed by atoms with E-state index in [1.54, 1.807) is 13.3 Å². The number of ether oxygens (including phenoxy) is 1. The van der Waals surface area contributed by atoms with Crippen molar-refractivity contribution in [3.63, 3.8) is 0 Å². The predicted octanol–water partition coefficient (Wildman–Crippen LogP) is 3.27. The van der Waals surface area contributed by atoms with Gasteiger partial charge in [0.25, 0.3) is 5.91 Å². The SMILES string of the molecule is COc1ccc([C@H]2CCN(C(=O)c3cnc4ccccc4n3)C2)cc1. The summed E-state index contributed by atoms with van der Waals surface area (Å²) in [6, 6.07) is 15.7. The number of amides is 1. The molecule has 5 heteroatoms. The number of para-hydroxylation sites is 2. The van der Waals surface area contributed by atoms with Gasteiger partial charge in [-0.15, -0.1) is 0 Å². The van der Waals surface area contributed by atoms with Crippen LogP contribution >= 0.6 is 0 Å². The molecule has 0 radical (unpaired) electrons. The van der Waals surface area contributed by atoms with Crippen LogP contribution in [-0.4, -0.2) is 41.0 Å². The summed E-state index contributed by atoms with van der Waals surface area (Å²) >= 11 is 0. The largest absolute Gasteiger partial charge is 0.497 e. The van der Waals surface area contributed by atoms with Gasteiger partial charge in [-0.2, -0.15) is 0 Å². The topological polar surface area (TPSA) is 55.3 Å². The zero-order chi connectivity index (χ0) is 17.2. The van der Waals surface area contributed by atoms with Crippen molar-refractivity contribution >= 4 is 16.9 Å². The van der Waals surface area contributed by atoms with E-state index >= 15 is 0 Å². The predicted molar refractivity (Wildman–Crippen MR) is 95.8 cm³/mol. The minimum atomic E-state index is -0.0470. The molecule has 0 spiro atoms. The highest BCUT2D eigenvalue weighted by Crippen LogP contribution is 2.29. The van der Waals surface area contributed by atoms with Gasteiger partial charge in [0.05, 0.1) is 24.3 Å². The van der Waals surface area contributed by atoms with E-state index in [4.69, 9.17) is 4.74 Å². The maximum absolute atomic E-state index is 12.8. The van der Waals surface area contributed by atoms with Crippen molar-refractivity contribution in [2.45, 2.75) is 12.3 Å². The number of carbonyl (C=O) groups is 1. The highest BCUT2D eigenvalue weighted by atomic mass is 16.5. The number of hydrogen-bond acceptors (Lipinski definition) is 4. The first-order valence-electron chi connectivity index (χ1n) is 8.39. The van der Waals surface area contributed by atoms with Gasteiger partial charge in [0.15, 0.2) is 0 Å². The fourth-order valence-electron chi connectivity index (χ4n) is 3.32. The van der Waals surface area contributed by atoms with Crippen molar-refractivity contribution < 1.29 is 9.53 Å². The zero-order valence-corrected chi connectivity index (χ0v) is 14.1. The number of methoxy groups -OCH3 is 1. The molecule has 1 saturated heterocycles. The molecule has 2 aromatic carbocycles. The van der Waals surface area contributed by atoms with Gasteiger partial charge in [0.2, 0.25) is 0 Å². The van der Waals surface area contributed by atoms with Crippen molar-refractivity contribution in [2.75, 3.05) is 20.2 Å². The summed E-state index contributed by atoms with van der Waals surface area (Å²) in [7, 11) is 1.66. The maximum Gasteiger partial charge on any atom is 0.274 e.